The lowest BCUT2D eigenvalue weighted by Crippen LogP contribution is -2.45. The Morgan fingerprint density at radius 2 is 2.08 bits per heavy atom. The molecule has 1 aromatic rings. The van der Waals surface area contributed by atoms with Gasteiger partial charge in [-0.25, -0.2) is 0 Å². The maximum Gasteiger partial charge on any atom is 0.242 e. The van der Waals surface area contributed by atoms with Crippen molar-refractivity contribution in [2.45, 2.75) is 50.8 Å². The molecule has 2 amide bonds. The van der Waals surface area contributed by atoms with E-state index in [1.807, 2.05) is 12.1 Å². The molecule has 138 valence electrons. The summed E-state index contributed by atoms with van der Waals surface area (Å²) in [5.41, 5.74) is 0. The smallest absolute Gasteiger partial charge is 0.242 e. The Labute approximate surface area is 153 Å². The molecule has 0 spiro atoms. The van der Waals surface area contributed by atoms with E-state index in [0.717, 1.165) is 38.1 Å². The summed E-state index contributed by atoms with van der Waals surface area (Å²) >= 11 is 5.70. The van der Waals surface area contributed by atoms with Crippen molar-refractivity contribution < 1.29 is 18.7 Å². The maximum absolute atomic E-state index is 12.9. The van der Waals surface area contributed by atoms with E-state index in [-0.39, 0.29) is 42.8 Å². The maximum atomic E-state index is 12.9. The van der Waals surface area contributed by atoms with Crippen LogP contribution in [0.15, 0.2) is 22.8 Å². The largest absolute Gasteiger partial charge is 0.467 e. The summed E-state index contributed by atoms with van der Waals surface area (Å²) in [5, 5.41) is 0. The molecule has 3 rings (SSSR count). The summed E-state index contributed by atoms with van der Waals surface area (Å²) in [6.07, 6.45) is 5.85. The Morgan fingerprint density at radius 1 is 1.24 bits per heavy atom. The first-order chi connectivity index (χ1) is 12.2. The Balaban J connectivity index is 1.64. The average Bonchev–Trinajstić information content (AvgIpc) is 3.07. The highest BCUT2D eigenvalue weighted by Crippen LogP contribution is 2.27. The lowest BCUT2D eigenvalue weighted by atomic mass is 10.2. The van der Waals surface area contributed by atoms with Gasteiger partial charge in [0.15, 0.2) is 0 Å². The lowest BCUT2D eigenvalue weighted by Gasteiger charge is -2.28. The summed E-state index contributed by atoms with van der Waals surface area (Å²) in [4.78, 5) is 28.6. The number of nitrogens with zero attached hydrogens (tertiary/aromatic N) is 2. The van der Waals surface area contributed by atoms with Crippen LogP contribution in [0.1, 0.15) is 37.9 Å². The number of hydrogen-bond acceptors (Lipinski definition) is 4. The molecule has 2 fully saturated rings. The van der Waals surface area contributed by atoms with Gasteiger partial charge in [0, 0.05) is 31.5 Å². The molecule has 0 bridgehead atoms. The van der Waals surface area contributed by atoms with E-state index in [1.165, 1.54) is 0 Å². The van der Waals surface area contributed by atoms with Crippen LogP contribution in [0.4, 0.5) is 0 Å². The molecule has 1 aliphatic carbocycles. The van der Waals surface area contributed by atoms with Crippen molar-refractivity contribution in [3.05, 3.63) is 24.2 Å². The molecule has 1 saturated heterocycles. The number of amides is 2. The van der Waals surface area contributed by atoms with Crippen LogP contribution in [0.2, 0.25) is 0 Å². The molecular formula is C18H25ClN2O4. The van der Waals surface area contributed by atoms with Gasteiger partial charge in [-0.15, -0.1) is 11.6 Å². The quantitative estimate of drug-likeness (QED) is 0.628. The third-order valence-corrected chi connectivity index (χ3v) is 4.84. The number of ether oxygens (including phenoxy) is 1. The fourth-order valence-electron chi connectivity index (χ4n) is 3.16. The summed E-state index contributed by atoms with van der Waals surface area (Å²) in [5.74, 6) is 0.904. The highest BCUT2D eigenvalue weighted by Gasteiger charge is 2.35. The van der Waals surface area contributed by atoms with E-state index in [2.05, 4.69) is 0 Å². The topological polar surface area (TPSA) is 63.0 Å². The van der Waals surface area contributed by atoms with Gasteiger partial charge in [0.1, 0.15) is 12.3 Å². The molecule has 1 aliphatic heterocycles. The minimum Gasteiger partial charge on any atom is -0.467 e. The van der Waals surface area contributed by atoms with Gasteiger partial charge in [-0.2, -0.15) is 0 Å². The average molecular weight is 369 g/mol. The van der Waals surface area contributed by atoms with Crippen LogP contribution in [0.25, 0.3) is 0 Å². The van der Waals surface area contributed by atoms with Crippen molar-refractivity contribution in [2.24, 2.45) is 0 Å². The van der Waals surface area contributed by atoms with E-state index in [1.54, 1.807) is 16.1 Å². The van der Waals surface area contributed by atoms with Crippen LogP contribution < -0.4 is 0 Å². The van der Waals surface area contributed by atoms with Crippen molar-refractivity contribution in [1.82, 2.24) is 9.80 Å². The summed E-state index contributed by atoms with van der Waals surface area (Å²) in [7, 11) is 0. The van der Waals surface area contributed by atoms with E-state index in [0.29, 0.717) is 13.1 Å². The summed E-state index contributed by atoms with van der Waals surface area (Å²) in [6.45, 7) is 1.78. The van der Waals surface area contributed by atoms with Crippen molar-refractivity contribution in [3.63, 3.8) is 0 Å². The number of rotatable bonds is 9. The van der Waals surface area contributed by atoms with Crippen molar-refractivity contribution in [3.8, 4) is 0 Å². The number of carbonyl (C=O) groups is 2. The minimum atomic E-state index is -0.0678. The van der Waals surface area contributed by atoms with E-state index >= 15 is 0 Å². The van der Waals surface area contributed by atoms with Gasteiger partial charge in [-0.1, -0.05) is 0 Å². The van der Waals surface area contributed by atoms with Gasteiger partial charge in [0.2, 0.25) is 11.8 Å². The fraction of sp³-hybridized carbons (Fsp3) is 0.667. The van der Waals surface area contributed by atoms with E-state index in [4.69, 9.17) is 20.8 Å². The van der Waals surface area contributed by atoms with Crippen LogP contribution in [-0.2, 0) is 20.9 Å². The fourth-order valence-corrected chi connectivity index (χ4v) is 3.32. The van der Waals surface area contributed by atoms with Gasteiger partial charge >= 0.3 is 0 Å². The van der Waals surface area contributed by atoms with Gasteiger partial charge in [-0.3, -0.25) is 9.59 Å². The van der Waals surface area contributed by atoms with Crippen LogP contribution in [0, 0.1) is 0 Å². The standard InChI is InChI=1S/C18H25ClN2O4/c19-8-7-17(22)21(14-5-6-14)13-18(23)20(11-15-3-1-9-24-15)12-16-4-2-10-25-16/h1,3,9,14,16H,2,4-8,10-13H2/t16-/m0/s1. The number of alkyl halides is 1. The zero-order chi connectivity index (χ0) is 17.6. The molecule has 25 heavy (non-hydrogen) atoms. The highest BCUT2D eigenvalue weighted by molar-refractivity contribution is 6.18. The third kappa shape index (κ3) is 5.22. The second-order valence-electron chi connectivity index (χ2n) is 6.68. The molecule has 7 heteroatoms. The van der Waals surface area contributed by atoms with Crippen molar-refractivity contribution in [2.75, 3.05) is 25.6 Å². The van der Waals surface area contributed by atoms with Gasteiger partial charge in [0.05, 0.1) is 18.9 Å². The molecule has 0 radical (unpaired) electrons. The molecule has 1 saturated carbocycles. The van der Waals surface area contributed by atoms with Gasteiger partial charge in [-0.05, 0) is 37.8 Å². The monoisotopic (exact) mass is 368 g/mol. The first-order valence-electron chi connectivity index (χ1n) is 8.94. The molecule has 2 aliphatic rings. The Hall–Kier alpha value is -1.53. The molecule has 1 atom stereocenters. The summed E-state index contributed by atoms with van der Waals surface area (Å²) in [6, 6.07) is 3.85. The predicted molar refractivity (Wildman–Crippen MR) is 93.2 cm³/mol. The van der Waals surface area contributed by atoms with Crippen LogP contribution in [0.5, 0.6) is 0 Å². The van der Waals surface area contributed by atoms with Crippen LogP contribution in [-0.4, -0.2) is 59.3 Å². The number of carbonyl (C=O) groups excluding carboxylic acids is 2. The van der Waals surface area contributed by atoms with Crippen molar-refractivity contribution >= 4 is 23.4 Å². The highest BCUT2D eigenvalue weighted by atomic mass is 35.5. The minimum absolute atomic E-state index is 0.0408. The zero-order valence-corrected chi connectivity index (χ0v) is 15.1. The molecule has 6 nitrogen and oxygen atoms in total. The Kier molecular flexibility index (Phi) is 6.37. The summed E-state index contributed by atoms with van der Waals surface area (Å²) < 4.78 is 11.1. The molecule has 0 unspecified atom stereocenters. The Morgan fingerprint density at radius 3 is 2.68 bits per heavy atom. The predicted octanol–water partition coefficient (Wildman–Crippen LogP) is 2.41. The van der Waals surface area contributed by atoms with E-state index < -0.39 is 0 Å². The number of hydrogen-bond donors (Lipinski definition) is 0. The van der Waals surface area contributed by atoms with Crippen molar-refractivity contribution in [1.29, 1.82) is 0 Å². The SMILES string of the molecule is O=C(CN(C(=O)CCCl)C1CC1)N(Cc1ccco1)C[C@@H]1CCCO1. The second-order valence-corrected chi connectivity index (χ2v) is 7.06. The molecule has 0 aromatic carbocycles. The Bertz CT molecular complexity index is 568. The normalized spacial score (nSPS) is 19.8. The van der Waals surface area contributed by atoms with E-state index in [9.17, 15) is 9.59 Å². The first kappa shape index (κ1) is 18.3. The van der Waals surface area contributed by atoms with Gasteiger partial charge < -0.3 is 19.0 Å². The zero-order valence-electron chi connectivity index (χ0n) is 14.4. The van der Waals surface area contributed by atoms with Crippen LogP contribution >= 0.6 is 11.6 Å². The first-order valence-corrected chi connectivity index (χ1v) is 9.48. The van der Waals surface area contributed by atoms with Gasteiger partial charge in [0.25, 0.3) is 0 Å². The molecular weight excluding hydrogens is 344 g/mol. The number of furan rings is 1. The lowest BCUT2D eigenvalue weighted by molar-refractivity contribution is -0.142. The molecule has 2 heterocycles. The number of halogens is 1. The van der Waals surface area contributed by atoms with Crippen LogP contribution in [0.3, 0.4) is 0 Å². The molecule has 0 N–H and O–H groups in total. The second kappa shape index (κ2) is 8.72. The molecule has 1 aromatic heterocycles. The third-order valence-electron chi connectivity index (χ3n) is 4.65.